The number of aromatic nitrogens is 1. The van der Waals surface area contributed by atoms with E-state index in [-0.39, 0.29) is 5.15 Å². The van der Waals surface area contributed by atoms with Crippen LogP contribution in [0.4, 0.5) is 5.69 Å². The summed E-state index contributed by atoms with van der Waals surface area (Å²) >= 11 is 11.1. The second-order valence-electron chi connectivity index (χ2n) is 1.62. The van der Waals surface area contributed by atoms with Crippen LogP contribution in [-0.2, 0) is 0 Å². The molecule has 3 N–H and O–H groups in total. The lowest BCUT2D eigenvalue weighted by Crippen LogP contribution is -2.07. The maximum absolute atomic E-state index is 5.59. The van der Waals surface area contributed by atoms with Crippen molar-refractivity contribution in [1.82, 2.24) is 4.98 Å². The molecular weight excluding hydrogens is 173 g/mol. The highest BCUT2D eigenvalue weighted by Crippen LogP contribution is 2.19. The highest BCUT2D eigenvalue weighted by Gasteiger charge is 1.98. The van der Waals surface area contributed by atoms with E-state index in [1.807, 2.05) is 0 Å². The van der Waals surface area contributed by atoms with Crippen LogP contribution in [0.3, 0.4) is 0 Å². The SMILES string of the molecule is NNc1ccc(Cl)nc1Cl. The van der Waals surface area contributed by atoms with Crippen LogP contribution >= 0.6 is 23.2 Å². The van der Waals surface area contributed by atoms with Gasteiger partial charge in [0.1, 0.15) is 5.15 Å². The van der Waals surface area contributed by atoms with Crippen molar-refractivity contribution in [2.24, 2.45) is 5.84 Å². The zero-order chi connectivity index (χ0) is 7.56. The molecule has 0 unspecified atom stereocenters. The molecule has 1 aromatic heterocycles. The molecule has 0 atom stereocenters. The Morgan fingerprint density at radius 3 is 2.60 bits per heavy atom. The zero-order valence-electron chi connectivity index (χ0n) is 4.94. The summed E-state index contributed by atoms with van der Waals surface area (Å²) in [6, 6.07) is 3.25. The molecule has 10 heavy (non-hydrogen) atoms. The van der Waals surface area contributed by atoms with Crippen molar-refractivity contribution in [3.8, 4) is 0 Å². The minimum absolute atomic E-state index is 0.273. The van der Waals surface area contributed by atoms with E-state index >= 15 is 0 Å². The topological polar surface area (TPSA) is 50.9 Å². The number of hydrazine groups is 1. The molecule has 1 rings (SSSR count). The van der Waals surface area contributed by atoms with Gasteiger partial charge in [0, 0.05) is 0 Å². The summed E-state index contributed by atoms with van der Waals surface area (Å²) < 4.78 is 0. The lowest BCUT2D eigenvalue weighted by molar-refractivity contribution is 1.27. The van der Waals surface area contributed by atoms with E-state index in [4.69, 9.17) is 29.0 Å². The van der Waals surface area contributed by atoms with Crippen LogP contribution in [0.5, 0.6) is 0 Å². The van der Waals surface area contributed by atoms with Gasteiger partial charge in [0.05, 0.1) is 5.69 Å². The Morgan fingerprint density at radius 2 is 2.10 bits per heavy atom. The van der Waals surface area contributed by atoms with Crippen molar-refractivity contribution < 1.29 is 0 Å². The maximum atomic E-state index is 5.59. The molecule has 54 valence electrons. The van der Waals surface area contributed by atoms with E-state index in [9.17, 15) is 0 Å². The second-order valence-corrected chi connectivity index (χ2v) is 2.36. The Balaban J connectivity index is 3.07. The molecule has 0 fully saturated rings. The molecule has 0 aromatic carbocycles. The van der Waals surface area contributed by atoms with Gasteiger partial charge in [-0.2, -0.15) is 0 Å². The van der Waals surface area contributed by atoms with Crippen molar-refractivity contribution >= 4 is 28.9 Å². The third-order valence-electron chi connectivity index (χ3n) is 0.970. The number of nitrogens with one attached hydrogen (secondary N) is 1. The van der Waals surface area contributed by atoms with Gasteiger partial charge in [0.15, 0.2) is 5.15 Å². The second kappa shape index (κ2) is 3.05. The Bertz CT molecular complexity index is 238. The fraction of sp³-hybridized carbons (Fsp3) is 0. The van der Waals surface area contributed by atoms with Gasteiger partial charge in [-0.15, -0.1) is 0 Å². The van der Waals surface area contributed by atoms with Crippen LogP contribution in [0.2, 0.25) is 10.3 Å². The van der Waals surface area contributed by atoms with E-state index in [1.165, 1.54) is 0 Å². The summed E-state index contributed by atoms with van der Waals surface area (Å²) in [6.07, 6.45) is 0. The molecule has 5 heteroatoms. The fourth-order valence-electron chi connectivity index (χ4n) is 0.520. The Morgan fingerprint density at radius 1 is 1.40 bits per heavy atom. The third-order valence-corrected chi connectivity index (χ3v) is 1.47. The molecule has 0 aliphatic rings. The minimum Gasteiger partial charge on any atom is -0.321 e. The third kappa shape index (κ3) is 1.50. The summed E-state index contributed by atoms with van der Waals surface area (Å²) in [5.41, 5.74) is 2.93. The van der Waals surface area contributed by atoms with Gasteiger partial charge in [-0.25, -0.2) is 4.98 Å². The molecule has 3 nitrogen and oxygen atoms in total. The van der Waals surface area contributed by atoms with Crippen molar-refractivity contribution in [3.05, 3.63) is 22.4 Å². The number of nitrogens with two attached hydrogens (primary N) is 1. The molecule has 0 spiro atoms. The summed E-state index contributed by atoms with van der Waals surface area (Å²) in [6.45, 7) is 0. The molecule has 0 radical (unpaired) electrons. The number of anilines is 1. The predicted molar refractivity (Wildman–Crippen MR) is 42.1 cm³/mol. The van der Waals surface area contributed by atoms with Gasteiger partial charge in [-0.3, -0.25) is 5.84 Å². The minimum atomic E-state index is 0.273. The van der Waals surface area contributed by atoms with E-state index in [0.29, 0.717) is 10.8 Å². The van der Waals surface area contributed by atoms with Gasteiger partial charge in [-0.05, 0) is 12.1 Å². The Kier molecular flexibility index (Phi) is 2.32. The molecule has 0 saturated carbocycles. The summed E-state index contributed by atoms with van der Waals surface area (Å²) in [5, 5.41) is 0.624. The molecule has 0 aliphatic heterocycles. The first-order valence-electron chi connectivity index (χ1n) is 2.52. The average Bonchev–Trinajstić information content (AvgIpc) is 1.88. The molecule has 0 aliphatic carbocycles. The van der Waals surface area contributed by atoms with Gasteiger partial charge in [-0.1, -0.05) is 23.2 Å². The highest BCUT2D eigenvalue weighted by atomic mass is 35.5. The number of nitrogens with zero attached hydrogens (tertiary/aromatic N) is 1. The number of halogens is 2. The van der Waals surface area contributed by atoms with E-state index in [1.54, 1.807) is 12.1 Å². The molecule has 0 amide bonds. The Hall–Kier alpha value is -0.510. The first-order valence-corrected chi connectivity index (χ1v) is 3.28. The van der Waals surface area contributed by atoms with E-state index in [2.05, 4.69) is 10.4 Å². The van der Waals surface area contributed by atoms with Crippen molar-refractivity contribution in [3.63, 3.8) is 0 Å². The normalized spacial score (nSPS) is 9.50. The molecule has 0 saturated heterocycles. The van der Waals surface area contributed by atoms with Crippen LogP contribution in [0.25, 0.3) is 0 Å². The van der Waals surface area contributed by atoms with Gasteiger partial charge >= 0.3 is 0 Å². The number of nitrogen functional groups attached to an aromatic ring is 1. The first kappa shape index (κ1) is 7.60. The first-order chi connectivity index (χ1) is 4.74. The van der Waals surface area contributed by atoms with Crippen LogP contribution in [0.15, 0.2) is 12.1 Å². The van der Waals surface area contributed by atoms with Gasteiger partial charge in [0.25, 0.3) is 0 Å². The number of rotatable bonds is 1. The number of hydrogen-bond donors (Lipinski definition) is 2. The quantitative estimate of drug-likeness (QED) is 0.390. The van der Waals surface area contributed by atoms with Gasteiger partial charge < -0.3 is 5.43 Å². The fourth-order valence-corrected chi connectivity index (χ4v) is 0.919. The van der Waals surface area contributed by atoms with Crippen LogP contribution in [0.1, 0.15) is 0 Å². The lowest BCUT2D eigenvalue weighted by atomic mass is 10.4. The smallest absolute Gasteiger partial charge is 0.155 e. The lowest BCUT2D eigenvalue weighted by Gasteiger charge is -2.00. The van der Waals surface area contributed by atoms with E-state index in [0.717, 1.165) is 0 Å². The zero-order valence-corrected chi connectivity index (χ0v) is 6.45. The average molecular weight is 178 g/mol. The monoisotopic (exact) mass is 177 g/mol. The van der Waals surface area contributed by atoms with Gasteiger partial charge in [0.2, 0.25) is 0 Å². The molecular formula is C5H5Cl2N3. The summed E-state index contributed by atoms with van der Waals surface area (Å²) in [5.74, 6) is 5.08. The van der Waals surface area contributed by atoms with Crippen molar-refractivity contribution in [2.75, 3.05) is 5.43 Å². The molecule has 1 heterocycles. The molecule has 1 aromatic rings. The van der Waals surface area contributed by atoms with Crippen LogP contribution < -0.4 is 11.3 Å². The Labute approximate surface area is 68.1 Å². The number of pyridine rings is 1. The van der Waals surface area contributed by atoms with Crippen molar-refractivity contribution in [1.29, 1.82) is 0 Å². The summed E-state index contributed by atoms with van der Waals surface area (Å²) in [7, 11) is 0. The molecule has 0 bridgehead atoms. The standard InChI is InChI=1S/C5H5Cl2N3/c6-4-2-1-3(10-8)5(7)9-4/h1-2,10H,8H2. The largest absolute Gasteiger partial charge is 0.321 e. The van der Waals surface area contributed by atoms with Crippen LogP contribution in [-0.4, -0.2) is 4.98 Å². The highest BCUT2D eigenvalue weighted by molar-refractivity contribution is 6.34. The maximum Gasteiger partial charge on any atom is 0.155 e. The van der Waals surface area contributed by atoms with E-state index < -0.39 is 0 Å². The summed E-state index contributed by atoms with van der Waals surface area (Å²) in [4.78, 5) is 3.73. The predicted octanol–water partition coefficient (Wildman–Crippen LogP) is 1.67. The van der Waals surface area contributed by atoms with Crippen molar-refractivity contribution in [2.45, 2.75) is 0 Å². The van der Waals surface area contributed by atoms with Crippen LogP contribution in [0, 0.1) is 0 Å². The number of hydrogen-bond acceptors (Lipinski definition) is 3.